The molecule has 6 fully saturated rings. The average Bonchev–Trinajstić information content (AvgIpc) is 4.54. The predicted molar refractivity (Wildman–Crippen MR) is 310 cm³/mol. The lowest BCUT2D eigenvalue weighted by atomic mass is 9.89. The number of rotatable bonds is 30. The number of carbonyl (C=O) groups excluding carboxylic acids is 4. The molecule has 23 heteroatoms. The third kappa shape index (κ3) is 16.2. The van der Waals surface area contributed by atoms with E-state index in [1.165, 1.54) is 17.7 Å². The van der Waals surface area contributed by atoms with Gasteiger partial charge in [-0.3, -0.25) is 35.2 Å². The average molecular weight is 1150 g/mol. The summed E-state index contributed by atoms with van der Waals surface area (Å²) in [6, 6.07) is 13.5. The number of aliphatic hydroxyl groups is 1. The van der Waals surface area contributed by atoms with Crippen molar-refractivity contribution < 1.29 is 43.2 Å². The van der Waals surface area contributed by atoms with Crippen molar-refractivity contribution in [2.45, 2.75) is 165 Å². The van der Waals surface area contributed by atoms with Gasteiger partial charge in [0, 0.05) is 98.7 Å². The molecule has 22 nitrogen and oxygen atoms in total. The summed E-state index contributed by atoms with van der Waals surface area (Å²) in [5.41, 5.74) is 13.4. The molecule has 6 heterocycles. The van der Waals surface area contributed by atoms with Gasteiger partial charge in [0.15, 0.2) is 0 Å². The normalized spacial score (nSPS) is 28.1. The Morgan fingerprint density at radius 1 is 0.889 bits per heavy atom. The molecule has 0 radical (unpaired) electrons. The van der Waals surface area contributed by atoms with Crippen LogP contribution in [0.1, 0.15) is 118 Å². The third-order valence-corrected chi connectivity index (χ3v) is 18.7. The summed E-state index contributed by atoms with van der Waals surface area (Å²) in [4.78, 5) is 57.6. The highest BCUT2D eigenvalue weighted by Gasteiger charge is 2.46. The molecule has 5 saturated heterocycles. The maximum absolute atomic E-state index is 14.3. The number of amides is 4. The van der Waals surface area contributed by atoms with Crippen LogP contribution in [-0.4, -0.2) is 201 Å². The minimum Gasteiger partial charge on any atom is -0.491 e. The number of likely N-dealkylation sites (tertiary alicyclic amines) is 1. The first-order valence-electron chi connectivity index (χ1n) is 30.2. The van der Waals surface area contributed by atoms with Crippen molar-refractivity contribution in [3.05, 3.63) is 64.7 Å². The second-order valence-electron chi connectivity index (χ2n) is 23.3. The van der Waals surface area contributed by atoms with E-state index in [0.29, 0.717) is 114 Å². The monoisotopic (exact) mass is 1150 g/mol. The molecule has 0 bridgehead atoms. The molecular formula is C58H93N13O9S. The van der Waals surface area contributed by atoms with E-state index in [4.69, 9.17) is 18.9 Å². The summed E-state index contributed by atoms with van der Waals surface area (Å²) < 4.78 is 23.8. The number of β-amino-alcohol motifs (C(OH)–C–C–N with tert-alkyl or cyclic N) is 1. The predicted octanol–water partition coefficient (Wildman–Crippen LogP) is 1.67. The van der Waals surface area contributed by atoms with Crippen LogP contribution in [0.4, 0.5) is 0 Å². The van der Waals surface area contributed by atoms with Gasteiger partial charge in [0.1, 0.15) is 24.4 Å². The van der Waals surface area contributed by atoms with E-state index in [0.717, 1.165) is 67.8 Å². The fraction of sp³-hybridized carbons (Fsp3) is 0.724. The number of ether oxygens (including phenoxy) is 4. The summed E-state index contributed by atoms with van der Waals surface area (Å²) in [6.07, 6.45) is 7.81. The molecule has 1 aliphatic carbocycles. The number of hydrogen-bond donors (Lipinski definition) is 10. The number of fused-ring (bicyclic) bond motifs is 2. The van der Waals surface area contributed by atoms with E-state index in [1.54, 1.807) is 11.0 Å². The first kappa shape index (κ1) is 61.5. The molecule has 10 N–H and O–H groups in total. The van der Waals surface area contributed by atoms with Gasteiger partial charge < -0.3 is 55.1 Å². The van der Waals surface area contributed by atoms with Crippen LogP contribution in [0.2, 0.25) is 0 Å². The molecule has 7 aliphatic rings. The minimum absolute atomic E-state index is 0.0118. The molecule has 2 aromatic rings. The van der Waals surface area contributed by atoms with Gasteiger partial charge in [-0.25, -0.2) is 15.4 Å². The molecule has 2 aromatic carbocycles. The summed E-state index contributed by atoms with van der Waals surface area (Å²) >= 11 is 1.83. The number of carbonyl (C=O) groups is 4. The fourth-order valence-corrected chi connectivity index (χ4v) is 14.2. The van der Waals surface area contributed by atoms with Gasteiger partial charge in [-0.2, -0.15) is 5.53 Å². The number of nitrogens with zero attached hydrogens (tertiary/aromatic N) is 4. The van der Waals surface area contributed by atoms with E-state index < -0.39 is 18.2 Å². The molecule has 6 aliphatic heterocycles. The molecule has 0 spiro atoms. The summed E-state index contributed by atoms with van der Waals surface area (Å²) in [7, 11) is 0. The van der Waals surface area contributed by atoms with Gasteiger partial charge in [0.05, 0.1) is 70.7 Å². The molecular weight excluding hydrogens is 1050 g/mol. The Balaban J connectivity index is 0.618. The van der Waals surface area contributed by atoms with Crippen LogP contribution >= 0.6 is 11.8 Å². The quantitative estimate of drug-likeness (QED) is 0.0500. The van der Waals surface area contributed by atoms with Crippen molar-refractivity contribution in [2.24, 2.45) is 11.8 Å². The molecule has 81 heavy (non-hydrogen) atoms. The van der Waals surface area contributed by atoms with Gasteiger partial charge in [-0.15, -0.1) is 11.8 Å². The Kier molecular flexibility index (Phi) is 22.9. The zero-order chi connectivity index (χ0) is 56.8. The Hall–Kier alpha value is -4.05. The Labute approximate surface area is 483 Å². The van der Waals surface area contributed by atoms with Gasteiger partial charge in [-0.1, -0.05) is 70.9 Å². The topological polar surface area (TPSA) is 247 Å². The van der Waals surface area contributed by atoms with Crippen molar-refractivity contribution in [1.82, 2.24) is 68.1 Å². The van der Waals surface area contributed by atoms with Crippen LogP contribution in [0, 0.1) is 11.8 Å². The van der Waals surface area contributed by atoms with E-state index in [1.807, 2.05) is 55.9 Å². The van der Waals surface area contributed by atoms with Gasteiger partial charge in [-0.05, 0) is 74.1 Å². The first-order chi connectivity index (χ1) is 39.4. The van der Waals surface area contributed by atoms with Gasteiger partial charge >= 0.3 is 0 Å². The van der Waals surface area contributed by atoms with Crippen molar-refractivity contribution in [2.75, 3.05) is 91.4 Å². The van der Waals surface area contributed by atoms with E-state index >= 15 is 0 Å². The number of hydrazine groups is 3. The fourth-order valence-electron chi connectivity index (χ4n) is 12.9. The van der Waals surface area contributed by atoms with E-state index in [2.05, 4.69) is 85.1 Å². The lowest BCUT2D eigenvalue weighted by Gasteiger charge is -2.45. The minimum atomic E-state index is -0.894. The van der Waals surface area contributed by atoms with Gasteiger partial charge in [0.2, 0.25) is 17.7 Å². The first-order valence-corrected chi connectivity index (χ1v) is 31.2. The number of hydrogen-bond acceptors (Lipinski definition) is 19. The van der Waals surface area contributed by atoms with E-state index in [-0.39, 0.29) is 73.0 Å². The Morgan fingerprint density at radius 3 is 2.41 bits per heavy atom. The van der Waals surface area contributed by atoms with E-state index in [9.17, 15) is 24.3 Å². The van der Waals surface area contributed by atoms with Crippen LogP contribution < -0.4 is 53.0 Å². The van der Waals surface area contributed by atoms with Crippen molar-refractivity contribution in [3.63, 3.8) is 0 Å². The smallest absolute Gasteiger partial charge is 0.255 e. The standard InChI is InChI=1S/C58H93N13O9S/c1-6-39(7-2)48-29-52(71-51(65-48)16-17-63-71)64-44-15-14-43(27-44)59-32-53(73)60-31-45-34-68(67-66-45)18-19-77-20-21-78-22-23-79-24-25-80-50-26-40(55-38(5)62-36-81-55)12-13-41(50)30-61-56(74)49-28-46(72)35-69(49)58(76)54(37(3)4)70-33-42-10-8-9-11-47(42)57(70)75/h8-13,26,37-39,43-46,48-49,51-52,54-55,59,62-67,72H,6-7,14-25,27-36H2,1-5H3,(H,60,73)(H,61,74)/t38?,43-,44-,45?,46+,48?,49-,51?,52?,54-,55?/m0/s1. The summed E-state index contributed by atoms with van der Waals surface area (Å²) in [5.74, 6) is 1.07. The van der Waals surface area contributed by atoms with Crippen LogP contribution in [0.3, 0.4) is 0 Å². The van der Waals surface area contributed by atoms with Crippen LogP contribution in [0.5, 0.6) is 5.75 Å². The molecule has 6 unspecified atom stereocenters. The zero-order valence-electron chi connectivity index (χ0n) is 48.4. The highest BCUT2D eigenvalue weighted by atomic mass is 32.2. The molecule has 450 valence electrons. The lowest BCUT2D eigenvalue weighted by molar-refractivity contribution is -0.143. The SMILES string of the molecule is CCC(CC)C1CC(N[C@H]2CC[C@H](NCC(=O)NCC3CN(CCOCCOCCOCCOc4cc(C5SCNC5C)ccc4CNC(=O)[C@@H]4C[C@@H](O)CN4C(=O)[C@H](C(C)C)N4Cc5ccccc5C4=O)NN3)C2)N2NCCC2N1. The Morgan fingerprint density at radius 2 is 1.65 bits per heavy atom. The molecule has 4 amide bonds. The molecule has 9 rings (SSSR count). The molecule has 11 atom stereocenters. The Bertz CT molecular complexity index is 2380. The van der Waals surface area contributed by atoms with Crippen molar-refractivity contribution >= 4 is 35.4 Å². The maximum atomic E-state index is 14.3. The number of aliphatic hydroxyl groups excluding tert-OH is 1. The third-order valence-electron chi connectivity index (χ3n) is 17.4. The van der Waals surface area contributed by atoms with Crippen LogP contribution in [0.15, 0.2) is 42.5 Å². The molecule has 1 saturated carbocycles. The second kappa shape index (κ2) is 30.2. The highest BCUT2D eigenvalue weighted by Crippen LogP contribution is 2.39. The second-order valence-corrected chi connectivity index (χ2v) is 24.5. The summed E-state index contributed by atoms with van der Waals surface area (Å²) in [5, 5.41) is 36.5. The van der Waals surface area contributed by atoms with Crippen molar-refractivity contribution in [3.8, 4) is 5.75 Å². The van der Waals surface area contributed by atoms with Crippen LogP contribution in [0.25, 0.3) is 0 Å². The van der Waals surface area contributed by atoms with Crippen molar-refractivity contribution in [1.29, 1.82) is 0 Å². The van der Waals surface area contributed by atoms with Crippen LogP contribution in [-0.2, 0) is 41.7 Å². The summed E-state index contributed by atoms with van der Waals surface area (Å²) in [6.45, 7) is 17.2. The largest absolute Gasteiger partial charge is 0.491 e. The number of thioether (sulfide) groups is 1. The number of benzene rings is 2. The maximum Gasteiger partial charge on any atom is 0.255 e. The highest BCUT2D eigenvalue weighted by molar-refractivity contribution is 7.99. The lowest BCUT2D eigenvalue weighted by Crippen LogP contribution is -2.66. The van der Waals surface area contributed by atoms with Gasteiger partial charge in [0.25, 0.3) is 5.91 Å². The number of nitrogens with one attached hydrogen (secondary N) is 9. The zero-order valence-corrected chi connectivity index (χ0v) is 49.2. The molecule has 0 aromatic heterocycles.